The van der Waals surface area contributed by atoms with Crippen LogP contribution in [0.3, 0.4) is 0 Å². The van der Waals surface area contributed by atoms with Crippen LogP contribution in [0.2, 0.25) is 0 Å². The standard InChI is InChI=1S/C30H29F3N6O4S/c1-36-19-24-11-10-23(17-26(24)37(36)2)22-4-3-5-25(16-22)39(29(40)38-12-14-44(41,42)15-13-38)18-20-6-8-21(9-7-20)27-34-35-28(43-27)30(31,32)33/h3,5-11,16-17,19H,4,12-15,18H2,1-2H3. The van der Waals surface area contributed by atoms with E-state index in [0.29, 0.717) is 23.2 Å². The van der Waals surface area contributed by atoms with Crippen LogP contribution in [-0.2, 0) is 22.6 Å². The van der Waals surface area contributed by atoms with Crippen molar-refractivity contribution in [3.63, 3.8) is 0 Å². The number of hydrazine groups is 1. The molecule has 1 aliphatic carbocycles. The lowest BCUT2D eigenvalue weighted by atomic mass is 10.0. The average molecular weight is 627 g/mol. The summed E-state index contributed by atoms with van der Waals surface area (Å²) in [4.78, 5) is 17.0. The number of nitrogens with zero attached hydrogens (tertiary/aromatic N) is 6. The minimum Gasteiger partial charge on any atom is -0.413 e. The van der Waals surface area contributed by atoms with E-state index >= 15 is 0 Å². The Balaban J connectivity index is 1.32. The number of allylic oxidation sites excluding steroid dienone is 3. The van der Waals surface area contributed by atoms with E-state index in [1.165, 1.54) is 4.90 Å². The van der Waals surface area contributed by atoms with Crippen LogP contribution in [0.25, 0.3) is 23.2 Å². The molecule has 3 heterocycles. The summed E-state index contributed by atoms with van der Waals surface area (Å²) in [5, 5.41) is 12.7. The molecule has 6 rings (SSSR count). The van der Waals surface area contributed by atoms with E-state index < -0.39 is 21.9 Å². The molecule has 0 N–H and O–H groups in total. The Labute approximate surface area is 251 Å². The van der Waals surface area contributed by atoms with E-state index in [2.05, 4.69) is 22.3 Å². The maximum atomic E-state index is 13.9. The fraction of sp³-hybridized carbons (Fsp3) is 0.300. The van der Waals surface area contributed by atoms with E-state index in [9.17, 15) is 26.4 Å². The van der Waals surface area contributed by atoms with Gasteiger partial charge in [0, 0.05) is 49.9 Å². The number of urea groups is 1. The lowest BCUT2D eigenvalue weighted by Gasteiger charge is -2.34. The van der Waals surface area contributed by atoms with Gasteiger partial charge in [0.1, 0.15) is 0 Å². The van der Waals surface area contributed by atoms with Crippen molar-refractivity contribution < 1.29 is 30.8 Å². The van der Waals surface area contributed by atoms with E-state index in [0.717, 1.165) is 21.7 Å². The summed E-state index contributed by atoms with van der Waals surface area (Å²) in [7, 11) is 0.752. The number of hydrogen-bond donors (Lipinski definition) is 0. The van der Waals surface area contributed by atoms with Gasteiger partial charge in [-0.2, -0.15) is 13.2 Å². The number of alkyl halides is 3. The number of benzene rings is 2. The zero-order valence-corrected chi connectivity index (χ0v) is 24.8. The summed E-state index contributed by atoms with van der Waals surface area (Å²) in [6, 6.07) is 12.3. The summed E-state index contributed by atoms with van der Waals surface area (Å²) in [6.45, 7) is 0.310. The molecule has 0 saturated carbocycles. The van der Waals surface area contributed by atoms with Crippen molar-refractivity contribution in [3.05, 3.63) is 88.3 Å². The van der Waals surface area contributed by atoms with Gasteiger partial charge < -0.3 is 9.32 Å². The van der Waals surface area contributed by atoms with Crippen LogP contribution in [-0.4, -0.2) is 78.1 Å². The lowest BCUT2D eigenvalue weighted by Crippen LogP contribution is -2.49. The number of fused-ring (bicyclic) bond motifs is 1. The van der Waals surface area contributed by atoms with Crippen LogP contribution in [0.5, 0.6) is 0 Å². The third-order valence-corrected chi connectivity index (χ3v) is 9.47. The molecular formula is C30H29F3N6O4S. The Morgan fingerprint density at radius 3 is 2.45 bits per heavy atom. The van der Waals surface area contributed by atoms with Gasteiger partial charge in [0.05, 0.1) is 23.7 Å². The molecule has 3 aromatic rings. The fourth-order valence-electron chi connectivity index (χ4n) is 5.29. The van der Waals surface area contributed by atoms with Crippen molar-refractivity contribution in [2.45, 2.75) is 19.1 Å². The third-order valence-electron chi connectivity index (χ3n) is 7.86. The summed E-state index contributed by atoms with van der Waals surface area (Å²) < 4.78 is 67.6. The van der Waals surface area contributed by atoms with Gasteiger partial charge in [-0.3, -0.25) is 14.9 Å². The highest BCUT2D eigenvalue weighted by Crippen LogP contribution is 2.31. The lowest BCUT2D eigenvalue weighted by molar-refractivity contribution is -0.156. The van der Waals surface area contributed by atoms with Crippen LogP contribution < -0.4 is 15.4 Å². The number of carbonyl (C=O) groups excluding carboxylic acids is 1. The molecule has 2 aliphatic heterocycles. The molecule has 230 valence electrons. The molecular weight excluding hydrogens is 597 g/mol. The first-order valence-corrected chi connectivity index (χ1v) is 15.7. The second-order valence-electron chi connectivity index (χ2n) is 10.8. The maximum absolute atomic E-state index is 13.9. The number of sulfone groups is 1. The number of aromatic nitrogens is 2. The van der Waals surface area contributed by atoms with Crippen LogP contribution >= 0.6 is 0 Å². The molecule has 0 atom stereocenters. The summed E-state index contributed by atoms with van der Waals surface area (Å²) in [6.07, 6.45) is 3.78. The van der Waals surface area contributed by atoms with Crippen molar-refractivity contribution in [2.75, 3.05) is 43.7 Å². The fourth-order valence-corrected chi connectivity index (χ4v) is 6.49. The van der Waals surface area contributed by atoms with E-state index in [-0.39, 0.29) is 43.1 Å². The predicted octanol–water partition coefficient (Wildman–Crippen LogP) is 3.14. The molecule has 10 nitrogen and oxygen atoms in total. The minimum absolute atomic E-state index is 0.0873. The van der Waals surface area contributed by atoms with E-state index in [4.69, 9.17) is 4.42 Å². The molecule has 0 spiro atoms. The molecule has 1 aromatic heterocycles. The van der Waals surface area contributed by atoms with Gasteiger partial charge in [-0.25, -0.2) is 13.2 Å². The number of halogens is 3. The monoisotopic (exact) mass is 626 g/mol. The number of rotatable bonds is 4. The number of anilines is 1. The van der Waals surface area contributed by atoms with Crippen molar-refractivity contribution >= 4 is 33.3 Å². The second-order valence-corrected chi connectivity index (χ2v) is 13.1. The Morgan fingerprint density at radius 1 is 1.05 bits per heavy atom. The van der Waals surface area contributed by atoms with Crippen molar-refractivity contribution in [3.8, 4) is 11.5 Å². The molecule has 1 saturated heterocycles. The Bertz CT molecular complexity index is 1890. The zero-order chi connectivity index (χ0) is 31.2. The second kappa shape index (κ2) is 11.2. The highest BCUT2D eigenvalue weighted by atomic mass is 32.2. The number of amides is 2. The normalized spacial score (nSPS) is 19.0. The first kappa shape index (κ1) is 29.5. The van der Waals surface area contributed by atoms with Crippen molar-refractivity contribution in [1.29, 1.82) is 0 Å². The summed E-state index contributed by atoms with van der Waals surface area (Å²) >= 11 is 0. The summed E-state index contributed by atoms with van der Waals surface area (Å²) in [5.74, 6) is -1.91. The van der Waals surface area contributed by atoms with Gasteiger partial charge in [-0.15, -0.1) is 10.2 Å². The van der Waals surface area contributed by atoms with Gasteiger partial charge in [0.15, 0.2) is 9.84 Å². The Hall–Kier alpha value is -4.59. The largest absolute Gasteiger partial charge is 0.470 e. The van der Waals surface area contributed by atoms with E-state index in [1.54, 1.807) is 29.2 Å². The van der Waals surface area contributed by atoms with Gasteiger partial charge in [0.2, 0.25) is 5.89 Å². The predicted molar refractivity (Wildman–Crippen MR) is 157 cm³/mol. The van der Waals surface area contributed by atoms with Crippen LogP contribution in [0.15, 0.2) is 70.8 Å². The van der Waals surface area contributed by atoms with Gasteiger partial charge >= 0.3 is 18.1 Å². The highest BCUT2D eigenvalue weighted by molar-refractivity contribution is 7.91. The maximum Gasteiger partial charge on any atom is 0.470 e. The van der Waals surface area contributed by atoms with Gasteiger partial charge in [0.25, 0.3) is 0 Å². The molecule has 14 heteroatoms. The SMILES string of the molecule is CN1C=c2ccc(=C3C=C(N(Cc4ccc(-c5nnc(C(F)(F)F)o5)cc4)C(=O)N4CCS(=O)(=O)CC4)C=CC3)cc2N1C. The molecule has 1 fully saturated rings. The molecule has 0 unspecified atom stereocenters. The molecule has 0 radical (unpaired) electrons. The zero-order valence-electron chi connectivity index (χ0n) is 24.0. The van der Waals surface area contributed by atoms with E-state index in [1.807, 2.05) is 54.6 Å². The number of carbonyl (C=O) groups is 1. The quantitative estimate of drug-likeness (QED) is 0.436. The summed E-state index contributed by atoms with van der Waals surface area (Å²) in [5.41, 5.74) is 3.71. The highest BCUT2D eigenvalue weighted by Gasteiger charge is 2.38. The van der Waals surface area contributed by atoms with Crippen molar-refractivity contribution in [2.24, 2.45) is 0 Å². The smallest absolute Gasteiger partial charge is 0.413 e. The Morgan fingerprint density at radius 2 is 1.77 bits per heavy atom. The van der Waals surface area contributed by atoms with Gasteiger partial charge in [-0.1, -0.05) is 30.3 Å². The molecule has 3 aliphatic rings. The topological polar surface area (TPSA) is 103 Å². The van der Waals surface area contributed by atoms with Crippen LogP contribution in [0.1, 0.15) is 17.9 Å². The van der Waals surface area contributed by atoms with Crippen molar-refractivity contribution in [1.82, 2.24) is 25.0 Å². The molecule has 44 heavy (non-hydrogen) atoms. The van der Waals surface area contributed by atoms with Gasteiger partial charge in [-0.05, 0) is 53.1 Å². The molecule has 0 bridgehead atoms. The Kier molecular flexibility index (Phi) is 7.48. The number of hydrogen-bond acceptors (Lipinski definition) is 8. The molecule has 2 aromatic carbocycles. The first-order chi connectivity index (χ1) is 20.9. The van der Waals surface area contributed by atoms with Crippen LogP contribution in [0.4, 0.5) is 23.7 Å². The molecule has 2 amide bonds. The first-order valence-electron chi connectivity index (χ1n) is 13.8. The average Bonchev–Trinajstić information content (AvgIpc) is 3.61. The third kappa shape index (κ3) is 5.94. The minimum atomic E-state index is -4.75. The van der Waals surface area contributed by atoms with Crippen LogP contribution in [0, 0.1) is 0 Å².